The van der Waals surface area contributed by atoms with E-state index in [1.54, 1.807) is 0 Å². The topological polar surface area (TPSA) is 69.4 Å². The second-order valence-electron chi connectivity index (χ2n) is 3.01. The standard InChI is InChI=1S/C7H2F7NO3S/c8-1-2(9)4(11)6(19(15,16)17)5(3(1)10)18-7(12,13)14/h(H2,15,16,17). The van der Waals surface area contributed by atoms with Crippen molar-refractivity contribution in [3.05, 3.63) is 23.3 Å². The highest BCUT2D eigenvalue weighted by atomic mass is 32.2. The molecule has 0 radical (unpaired) electrons. The Kier molecular flexibility index (Phi) is 3.69. The normalized spacial score (nSPS) is 12.6. The lowest BCUT2D eigenvalue weighted by molar-refractivity contribution is -0.276. The van der Waals surface area contributed by atoms with E-state index in [-0.39, 0.29) is 0 Å². The molecule has 0 amide bonds. The number of primary sulfonamides is 1. The third-order valence-corrected chi connectivity index (χ3v) is 2.62. The molecule has 0 aromatic heterocycles. The van der Waals surface area contributed by atoms with E-state index in [9.17, 15) is 39.2 Å². The number of nitrogens with two attached hydrogens (primary N) is 1. The Morgan fingerprint density at radius 2 is 1.32 bits per heavy atom. The van der Waals surface area contributed by atoms with Crippen molar-refractivity contribution in [1.29, 1.82) is 0 Å². The monoisotopic (exact) mass is 313 g/mol. The van der Waals surface area contributed by atoms with Crippen LogP contribution in [-0.4, -0.2) is 14.8 Å². The maximum Gasteiger partial charge on any atom is 0.573 e. The van der Waals surface area contributed by atoms with Gasteiger partial charge in [0.2, 0.25) is 21.7 Å². The minimum Gasteiger partial charge on any atom is -0.401 e. The van der Waals surface area contributed by atoms with Gasteiger partial charge in [-0.05, 0) is 0 Å². The van der Waals surface area contributed by atoms with Crippen LogP contribution in [0.2, 0.25) is 0 Å². The van der Waals surface area contributed by atoms with E-state index in [1.807, 2.05) is 0 Å². The molecule has 1 aromatic carbocycles. The molecule has 19 heavy (non-hydrogen) atoms. The van der Waals surface area contributed by atoms with Crippen molar-refractivity contribution in [2.75, 3.05) is 0 Å². The van der Waals surface area contributed by atoms with Gasteiger partial charge in [-0.15, -0.1) is 13.2 Å². The Morgan fingerprint density at radius 1 is 0.895 bits per heavy atom. The summed E-state index contributed by atoms with van der Waals surface area (Å²) in [4.78, 5) is -2.28. The van der Waals surface area contributed by atoms with E-state index in [1.165, 1.54) is 0 Å². The fourth-order valence-electron chi connectivity index (χ4n) is 1.05. The molecule has 0 atom stereocenters. The molecule has 1 aromatic rings. The fourth-order valence-corrected chi connectivity index (χ4v) is 1.78. The molecule has 4 nitrogen and oxygen atoms in total. The summed E-state index contributed by atoms with van der Waals surface area (Å²) in [5.74, 6) is -13.0. The van der Waals surface area contributed by atoms with Gasteiger partial charge < -0.3 is 4.74 Å². The molecular formula is C7H2F7NO3S. The van der Waals surface area contributed by atoms with Crippen molar-refractivity contribution in [2.45, 2.75) is 11.3 Å². The summed E-state index contributed by atoms with van der Waals surface area (Å²) in [7, 11) is -5.34. The van der Waals surface area contributed by atoms with Crippen molar-refractivity contribution in [1.82, 2.24) is 0 Å². The quantitative estimate of drug-likeness (QED) is 0.514. The molecule has 0 fully saturated rings. The Morgan fingerprint density at radius 3 is 1.68 bits per heavy atom. The van der Waals surface area contributed by atoms with Crippen LogP contribution in [0, 0.1) is 23.3 Å². The number of halogens is 7. The second-order valence-corrected chi connectivity index (χ2v) is 4.51. The van der Waals surface area contributed by atoms with Crippen LogP contribution >= 0.6 is 0 Å². The summed E-state index contributed by atoms with van der Waals surface area (Å²) in [5, 5.41) is 4.29. The van der Waals surface area contributed by atoms with E-state index in [4.69, 9.17) is 0 Å². The van der Waals surface area contributed by atoms with Gasteiger partial charge in [0.15, 0.2) is 22.3 Å². The third kappa shape index (κ3) is 3.07. The van der Waals surface area contributed by atoms with Gasteiger partial charge in [0, 0.05) is 0 Å². The van der Waals surface area contributed by atoms with Crippen LogP contribution in [0.25, 0.3) is 0 Å². The maximum atomic E-state index is 13.1. The SMILES string of the molecule is NS(=O)(=O)c1c(F)c(F)c(F)c(F)c1OC(F)(F)F. The maximum absolute atomic E-state index is 13.1. The molecule has 0 heterocycles. The average molecular weight is 313 g/mol. The molecule has 12 heteroatoms. The van der Waals surface area contributed by atoms with E-state index in [0.29, 0.717) is 0 Å². The van der Waals surface area contributed by atoms with Gasteiger partial charge in [-0.1, -0.05) is 0 Å². The molecule has 0 bridgehead atoms. The highest BCUT2D eigenvalue weighted by molar-refractivity contribution is 7.89. The summed E-state index contributed by atoms with van der Waals surface area (Å²) in [6.07, 6.45) is -5.68. The van der Waals surface area contributed by atoms with Gasteiger partial charge in [0.05, 0.1) is 0 Å². The molecule has 0 saturated carbocycles. The highest BCUT2D eigenvalue weighted by Crippen LogP contribution is 2.36. The predicted octanol–water partition coefficient (Wildman–Crippen LogP) is 1.79. The predicted molar refractivity (Wildman–Crippen MR) is 44.3 cm³/mol. The Balaban J connectivity index is 3.78. The zero-order valence-corrected chi connectivity index (χ0v) is 9.17. The highest BCUT2D eigenvalue weighted by Gasteiger charge is 2.40. The average Bonchev–Trinajstić information content (AvgIpc) is 2.19. The molecule has 108 valence electrons. The van der Waals surface area contributed by atoms with Crippen molar-refractivity contribution >= 4 is 10.0 Å². The lowest BCUT2D eigenvalue weighted by atomic mass is 10.3. The minimum absolute atomic E-state index is 2.28. The minimum atomic E-state index is -5.68. The molecule has 1 rings (SSSR count). The lowest BCUT2D eigenvalue weighted by Gasteiger charge is -2.14. The summed E-state index contributed by atoms with van der Waals surface area (Å²) >= 11 is 0. The first-order valence-corrected chi connectivity index (χ1v) is 5.55. The molecule has 2 N–H and O–H groups in total. The second kappa shape index (κ2) is 4.52. The van der Waals surface area contributed by atoms with Crippen LogP contribution in [-0.2, 0) is 10.0 Å². The number of alkyl halides is 3. The number of sulfonamides is 1. The first-order chi connectivity index (χ1) is 8.36. The fraction of sp³-hybridized carbons (Fsp3) is 0.143. The van der Waals surface area contributed by atoms with Crippen molar-refractivity contribution in [2.24, 2.45) is 5.14 Å². The molecule has 0 spiro atoms. The molecular weight excluding hydrogens is 311 g/mol. The summed E-state index contributed by atoms with van der Waals surface area (Å²) in [6, 6.07) is 0. The van der Waals surface area contributed by atoms with Crippen LogP contribution in [0.1, 0.15) is 0 Å². The Labute approximate surface area is 100 Å². The summed E-state index contributed by atoms with van der Waals surface area (Å²) in [6.45, 7) is 0. The first-order valence-electron chi connectivity index (χ1n) is 4.00. The van der Waals surface area contributed by atoms with Gasteiger partial charge in [-0.2, -0.15) is 4.39 Å². The number of rotatable bonds is 2. The molecule has 0 unspecified atom stereocenters. The number of ether oxygens (including phenoxy) is 1. The Bertz CT molecular complexity index is 625. The number of hydrogen-bond acceptors (Lipinski definition) is 3. The van der Waals surface area contributed by atoms with Gasteiger partial charge in [-0.3, -0.25) is 0 Å². The lowest BCUT2D eigenvalue weighted by Crippen LogP contribution is -2.24. The van der Waals surface area contributed by atoms with Gasteiger partial charge in [0.25, 0.3) is 0 Å². The molecule has 0 aliphatic rings. The molecule has 0 saturated heterocycles. The van der Waals surface area contributed by atoms with Crippen molar-refractivity contribution in [3.8, 4) is 5.75 Å². The van der Waals surface area contributed by atoms with Crippen molar-refractivity contribution < 1.29 is 43.9 Å². The summed E-state index contributed by atoms with van der Waals surface area (Å²) < 4.78 is 112. The van der Waals surface area contributed by atoms with Gasteiger partial charge >= 0.3 is 6.36 Å². The van der Waals surface area contributed by atoms with Crippen LogP contribution in [0.3, 0.4) is 0 Å². The number of hydrogen-bond donors (Lipinski definition) is 1. The van der Waals surface area contributed by atoms with Crippen LogP contribution in [0.4, 0.5) is 30.7 Å². The molecule has 0 aliphatic carbocycles. The van der Waals surface area contributed by atoms with Gasteiger partial charge in [-0.25, -0.2) is 26.7 Å². The van der Waals surface area contributed by atoms with E-state index in [0.717, 1.165) is 0 Å². The van der Waals surface area contributed by atoms with E-state index in [2.05, 4.69) is 9.88 Å². The van der Waals surface area contributed by atoms with Crippen LogP contribution < -0.4 is 9.88 Å². The van der Waals surface area contributed by atoms with E-state index < -0.39 is 50.3 Å². The smallest absolute Gasteiger partial charge is 0.401 e. The molecule has 0 aliphatic heterocycles. The van der Waals surface area contributed by atoms with Gasteiger partial charge in [0.1, 0.15) is 0 Å². The largest absolute Gasteiger partial charge is 0.573 e. The van der Waals surface area contributed by atoms with Crippen LogP contribution in [0.5, 0.6) is 5.75 Å². The van der Waals surface area contributed by atoms with E-state index >= 15 is 0 Å². The third-order valence-electron chi connectivity index (χ3n) is 1.69. The first kappa shape index (κ1) is 15.5. The number of benzene rings is 1. The van der Waals surface area contributed by atoms with Crippen molar-refractivity contribution in [3.63, 3.8) is 0 Å². The zero-order chi connectivity index (χ0) is 15.2. The zero-order valence-electron chi connectivity index (χ0n) is 8.36. The van der Waals surface area contributed by atoms with Crippen LogP contribution in [0.15, 0.2) is 4.90 Å². The Hall–Kier alpha value is -1.56. The summed E-state index contributed by atoms with van der Waals surface area (Å²) in [5.41, 5.74) is 0.